The van der Waals surface area contributed by atoms with E-state index < -0.39 is 0 Å². The zero-order valence-electron chi connectivity index (χ0n) is 9.89. The van der Waals surface area contributed by atoms with Gasteiger partial charge < -0.3 is 9.47 Å². The van der Waals surface area contributed by atoms with Gasteiger partial charge in [0.1, 0.15) is 5.75 Å². The summed E-state index contributed by atoms with van der Waals surface area (Å²) in [4.78, 5) is 11.6. The molecule has 0 atom stereocenters. The molecule has 0 unspecified atom stereocenters. The Kier molecular flexibility index (Phi) is 4.81. The molecule has 1 amide bonds. The molecule has 6 heteroatoms. The lowest BCUT2D eigenvalue weighted by atomic mass is 10.3. The average molecular weight is 271 g/mol. The molecule has 0 bridgehead atoms. The van der Waals surface area contributed by atoms with Gasteiger partial charge in [0, 0.05) is 18.1 Å². The number of carbonyl (C=O) groups is 1. The molecule has 1 aliphatic heterocycles. The zero-order valence-corrected chi connectivity index (χ0v) is 10.7. The van der Waals surface area contributed by atoms with Crippen LogP contribution in [0, 0.1) is 0 Å². The van der Waals surface area contributed by atoms with Crippen molar-refractivity contribution in [1.82, 2.24) is 10.4 Å². The molecule has 98 valence electrons. The van der Waals surface area contributed by atoms with Crippen molar-refractivity contribution in [3.05, 3.63) is 29.3 Å². The highest BCUT2D eigenvalue weighted by atomic mass is 35.5. The summed E-state index contributed by atoms with van der Waals surface area (Å²) in [5.74, 6) is 0.448. The van der Waals surface area contributed by atoms with E-state index in [9.17, 15) is 4.79 Å². The number of benzene rings is 1. The molecule has 1 saturated heterocycles. The predicted molar refractivity (Wildman–Crippen MR) is 67.5 cm³/mol. The molecular formula is C12H15ClN2O3. The fraction of sp³-hybridized carbons (Fsp3) is 0.417. The van der Waals surface area contributed by atoms with Gasteiger partial charge in [0.15, 0.2) is 6.61 Å². The minimum absolute atomic E-state index is 0.0149. The van der Waals surface area contributed by atoms with Crippen molar-refractivity contribution in [2.24, 2.45) is 0 Å². The summed E-state index contributed by atoms with van der Waals surface area (Å²) < 4.78 is 10.5. The second-order valence-electron chi connectivity index (χ2n) is 3.88. The van der Waals surface area contributed by atoms with Gasteiger partial charge >= 0.3 is 0 Å². The van der Waals surface area contributed by atoms with Gasteiger partial charge in [-0.3, -0.25) is 10.2 Å². The molecule has 0 saturated carbocycles. The third kappa shape index (κ3) is 4.18. The Balaban J connectivity index is 1.72. The van der Waals surface area contributed by atoms with Crippen LogP contribution in [0.3, 0.4) is 0 Å². The van der Waals surface area contributed by atoms with Crippen molar-refractivity contribution in [3.63, 3.8) is 0 Å². The van der Waals surface area contributed by atoms with Crippen LogP contribution in [0.4, 0.5) is 0 Å². The van der Waals surface area contributed by atoms with Gasteiger partial charge in [-0.05, 0) is 24.3 Å². The second-order valence-corrected chi connectivity index (χ2v) is 4.31. The summed E-state index contributed by atoms with van der Waals surface area (Å²) in [5.41, 5.74) is 2.76. The van der Waals surface area contributed by atoms with Crippen LogP contribution in [-0.2, 0) is 9.53 Å². The van der Waals surface area contributed by atoms with Crippen molar-refractivity contribution in [1.29, 1.82) is 0 Å². The van der Waals surface area contributed by atoms with E-state index in [2.05, 4.69) is 5.43 Å². The van der Waals surface area contributed by atoms with Crippen LogP contribution in [0.5, 0.6) is 5.75 Å². The zero-order chi connectivity index (χ0) is 12.8. The number of hydrazine groups is 1. The summed E-state index contributed by atoms with van der Waals surface area (Å²) in [6.07, 6.45) is 0. The molecule has 18 heavy (non-hydrogen) atoms. The molecule has 0 aromatic heterocycles. The van der Waals surface area contributed by atoms with E-state index in [4.69, 9.17) is 21.1 Å². The third-order valence-corrected chi connectivity index (χ3v) is 2.73. The molecular weight excluding hydrogens is 256 g/mol. The van der Waals surface area contributed by atoms with Gasteiger partial charge in [-0.15, -0.1) is 0 Å². The Bertz CT molecular complexity index is 391. The van der Waals surface area contributed by atoms with Crippen LogP contribution in [0.15, 0.2) is 24.3 Å². The lowest BCUT2D eigenvalue weighted by molar-refractivity contribution is -0.130. The monoisotopic (exact) mass is 270 g/mol. The van der Waals surface area contributed by atoms with Crippen molar-refractivity contribution in [2.75, 3.05) is 32.9 Å². The molecule has 5 nitrogen and oxygen atoms in total. The lowest BCUT2D eigenvalue weighted by Crippen LogP contribution is -2.49. The van der Waals surface area contributed by atoms with E-state index in [0.717, 1.165) is 0 Å². The van der Waals surface area contributed by atoms with Crippen LogP contribution < -0.4 is 10.2 Å². The molecule has 0 spiro atoms. The minimum atomic E-state index is -0.174. The Morgan fingerprint density at radius 3 is 2.67 bits per heavy atom. The van der Waals surface area contributed by atoms with Gasteiger partial charge in [0.05, 0.1) is 13.2 Å². The van der Waals surface area contributed by atoms with Crippen molar-refractivity contribution in [2.45, 2.75) is 0 Å². The predicted octanol–water partition coefficient (Wildman–Crippen LogP) is 1.08. The summed E-state index contributed by atoms with van der Waals surface area (Å²) in [7, 11) is 0. The molecule has 1 aromatic carbocycles. The summed E-state index contributed by atoms with van der Waals surface area (Å²) in [6.45, 7) is 2.66. The smallest absolute Gasteiger partial charge is 0.272 e. The van der Waals surface area contributed by atoms with E-state index >= 15 is 0 Å². The molecule has 1 fully saturated rings. The highest BCUT2D eigenvalue weighted by Crippen LogP contribution is 2.15. The number of carbonyl (C=O) groups excluding carboxylic acids is 1. The first-order valence-corrected chi connectivity index (χ1v) is 6.12. The lowest BCUT2D eigenvalue weighted by Gasteiger charge is -2.26. The first-order chi connectivity index (χ1) is 8.74. The largest absolute Gasteiger partial charge is 0.484 e. The fourth-order valence-electron chi connectivity index (χ4n) is 1.56. The van der Waals surface area contributed by atoms with Crippen LogP contribution in [0.25, 0.3) is 0 Å². The molecule has 1 aromatic rings. The number of amides is 1. The molecule has 0 radical (unpaired) electrons. The minimum Gasteiger partial charge on any atom is -0.484 e. The maximum atomic E-state index is 11.6. The topological polar surface area (TPSA) is 50.8 Å². The van der Waals surface area contributed by atoms with Crippen molar-refractivity contribution >= 4 is 17.5 Å². The standard InChI is InChI=1S/C12H15ClN2O3/c13-10-1-3-11(4-2-10)18-9-12(16)14-15-5-7-17-8-6-15/h1-4H,5-9H2,(H,14,16). The van der Waals surface area contributed by atoms with E-state index in [1.165, 1.54) is 0 Å². The molecule has 1 heterocycles. The summed E-state index contributed by atoms with van der Waals surface area (Å²) >= 11 is 5.75. The number of hydrogen-bond acceptors (Lipinski definition) is 4. The van der Waals surface area contributed by atoms with Gasteiger partial charge in [-0.25, -0.2) is 5.01 Å². The number of rotatable bonds is 4. The fourth-order valence-corrected chi connectivity index (χ4v) is 1.69. The maximum absolute atomic E-state index is 11.6. The van der Waals surface area contributed by atoms with Crippen molar-refractivity contribution in [3.8, 4) is 5.75 Å². The number of hydrogen-bond donors (Lipinski definition) is 1. The maximum Gasteiger partial charge on any atom is 0.272 e. The second kappa shape index (κ2) is 6.58. The highest BCUT2D eigenvalue weighted by Gasteiger charge is 2.13. The Hall–Kier alpha value is -1.30. The Morgan fingerprint density at radius 1 is 1.33 bits per heavy atom. The van der Waals surface area contributed by atoms with Crippen LogP contribution in [-0.4, -0.2) is 43.8 Å². The summed E-state index contributed by atoms with van der Waals surface area (Å²) in [6, 6.07) is 6.89. The number of halogens is 1. The number of nitrogens with zero attached hydrogens (tertiary/aromatic N) is 1. The number of nitrogens with one attached hydrogen (secondary N) is 1. The normalized spacial score (nSPS) is 16.3. The Morgan fingerprint density at radius 2 is 2.00 bits per heavy atom. The first kappa shape index (κ1) is 13.1. The van der Waals surface area contributed by atoms with E-state index in [1.807, 2.05) is 5.01 Å². The van der Waals surface area contributed by atoms with Crippen LogP contribution in [0.2, 0.25) is 5.02 Å². The first-order valence-electron chi connectivity index (χ1n) is 5.74. The number of morpholine rings is 1. The van der Waals surface area contributed by atoms with Crippen molar-refractivity contribution < 1.29 is 14.3 Å². The number of ether oxygens (including phenoxy) is 2. The van der Waals surface area contributed by atoms with Gasteiger partial charge in [-0.2, -0.15) is 0 Å². The SMILES string of the molecule is O=C(COc1ccc(Cl)cc1)NN1CCOCC1. The van der Waals surface area contributed by atoms with E-state index in [-0.39, 0.29) is 12.5 Å². The van der Waals surface area contributed by atoms with Crippen LogP contribution in [0.1, 0.15) is 0 Å². The van der Waals surface area contributed by atoms with Gasteiger partial charge in [0.2, 0.25) is 0 Å². The highest BCUT2D eigenvalue weighted by molar-refractivity contribution is 6.30. The summed E-state index contributed by atoms with van der Waals surface area (Å²) in [5, 5.41) is 2.47. The Labute approximate surface area is 111 Å². The molecule has 1 N–H and O–H groups in total. The third-order valence-electron chi connectivity index (χ3n) is 2.48. The van der Waals surface area contributed by atoms with E-state index in [0.29, 0.717) is 37.1 Å². The molecule has 2 rings (SSSR count). The molecule has 1 aliphatic rings. The van der Waals surface area contributed by atoms with E-state index in [1.54, 1.807) is 24.3 Å². The molecule has 0 aliphatic carbocycles. The van der Waals surface area contributed by atoms with Gasteiger partial charge in [0.25, 0.3) is 5.91 Å². The van der Waals surface area contributed by atoms with Crippen LogP contribution >= 0.6 is 11.6 Å². The average Bonchev–Trinajstić information content (AvgIpc) is 2.39. The quantitative estimate of drug-likeness (QED) is 0.890. The van der Waals surface area contributed by atoms with Gasteiger partial charge in [-0.1, -0.05) is 11.6 Å².